The van der Waals surface area contributed by atoms with Gasteiger partial charge in [-0.25, -0.2) is 14.8 Å². The van der Waals surface area contributed by atoms with Crippen molar-refractivity contribution in [1.82, 2.24) is 30.8 Å². The fraction of sp³-hybridized carbons (Fsp3) is 0.340. The number of imide groups is 2. The lowest BCUT2D eigenvalue weighted by molar-refractivity contribution is -0.136. The first kappa shape index (κ1) is 50.2. The SMILES string of the molecule is N#Cc1ccc(N[C@H]2CC[C@H](N(C(=O)NCc3ccccc3)c3ccc(-c4ccnc(OCCOCCOCCCNC(=O)COc5cccc6c5C(=O)N(C5CCC(=O)NC5=O)C6=O)c4)cc3)CC2)nc1. The van der Waals surface area contributed by atoms with Gasteiger partial charge in [0.25, 0.3) is 17.7 Å². The number of piperidine rings is 1. The van der Waals surface area contributed by atoms with E-state index in [1.54, 1.807) is 18.5 Å². The fourth-order valence-corrected chi connectivity index (χ4v) is 8.80. The highest BCUT2D eigenvalue weighted by atomic mass is 16.5. The first-order valence-corrected chi connectivity index (χ1v) is 24.0. The van der Waals surface area contributed by atoms with Crippen LogP contribution in [0.4, 0.5) is 16.3 Å². The quantitative estimate of drug-likeness (QED) is 0.0491. The number of carbonyl (C=O) groups is 6. The number of rotatable bonds is 22. The molecule has 1 atom stereocenters. The third kappa shape index (κ3) is 12.9. The second kappa shape index (κ2) is 24.6. The molecule has 2 aromatic heterocycles. The van der Waals surface area contributed by atoms with Crippen molar-refractivity contribution in [3.05, 3.63) is 132 Å². The molecule has 1 aliphatic carbocycles. The molecule has 3 aromatic carbocycles. The summed E-state index contributed by atoms with van der Waals surface area (Å²) >= 11 is 0. The number of carbonyl (C=O) groups excluding carboxylic acids is 6. The largest absolute Gasteiger partial charge is 0.483 e. The highest BCUT2D eigenvalue weighted by Crippen LogP contribution is 2.34. The fourth-order valence-electron chi connectivity index (χ4n) is 8.80. The number of nitrogens with one attached hydrogen (secondary N) is 4. The minimum Gasteiger partial charge on any atom is -0.483 e. The minimum absolute atomic E-state index is 0.00365. The van der Waals surface area contributed by atoms with Gasteiger partial charge in [0.2, 0.25) is 17.7 Å². The van der Waals surface area contributed by atoms with E-state index in [1.165, 1.54) is 18.2 Å². The van der Waals surface area contributed by atoms with E-state index in [2.05, 4.69) is 37.3 Å². The van der Waals surface area contributed by atoms with Gasteiger partial charge in [-0.15, -0.1) is 0 Å². The Hall–Kier alpha value is -8.21. The molecule has 2 fully saturated rings. The van der Waals surface area contributed by atoms with Crippen molar-refractivity contribution < 1.29 is 47.7 Å². The smallest absolute Gasteiger partial charge is 0.322 e. The van der Waals surface area contributed by atoms with Gasteiger partial charge in [-0.05, 0) is 97.7 Å². The molecule has 7 amide bonds. The van der Waals surface area contributed by atoms with E-state index in [0.29, 0.717) is 57.4 Å². The van der Waals surface area contributed by atoms with Crippen LogP contribution in [-0.4, -0.2) is 115 Å². The van der Waals surface area contributed by atoms with Crippen molar-refractivity contribution in [2.24, 2.45) is 0 Å². The molecule has 2 aliphatic heterocycles. The number of nitriles is 1. The zero-order valence-electron chi connectivity index (χ0n) is 39.5. The Balaban J connectivity index is 0.724. The Labute approximate surface area is 416 Å². The van der Waals surface area contributed by atoms with Gasteiger partial charge in [0.15, 0.2) is 6.61 Å². The van der Waals surface area contributed by atoms with Crippen LogP contribution in [0, 0.1) is 11.3 Å². The van der Waals surface area contributed by atoms with Crippen molar-refractivity contribution in [2.45, 2.75) is 69.6 Å². The summed E-state index contributed by atoms with van der Waals surface area (Å²) in [7, 11) is 0. The summed E-state index contributed by atoms with van der Waals surface area (Å²) in [5.41, 5.74) is 4.20. The van der Waals surface area contributed by atoms with E-state index >= 15 is 0 Å². The molecule has 4 N–H and O–H groups in total. The standard InChI is InChI=1S/C53H55N9O10/c54-31-36-10-20-45(57-33-36)59-39-13-17-41(18-14-39)61(53(68)58-32-35-6-2-1-3-7-35)40-15-11-37(12-16-40)38-22-24-56-48(30-38)71-29-28-70-27-26-69-25-5-23-55-47(64)34-72-44-9-4-8-42-49(44)52(67)62(51(42)66)43-19-21-46(63)60-50(43)65/h1-4,6-12,15-16,20,22,24,30,33,39,41,43H,5,13-14,17-19,21,23,25-29,32,34H2,(H,55,64)(H,57,59)(H,58,68)(H,60,63,65)/t39-,41-,43?. The monoisotopic (exact) mass is 977 g/mol. The normalized spacial score (nSPS) is 17.3. The van der Waals surface area contributed by atoms with Gasteiger partial charge in [0, 0.05) is 62.3 Å². The van der Waals surface area contributed by atoms with E-state index < -0.39 is 42.2 Å². The van der Waals surface area contributed by atoms with E-state index in [9.17, 15) is 28.8 Å². The molecule has 4 heterocycles. The van der Waals surface area contributed by atoms with Crippen molar-refractivity contribution in [3.63, 3.8) is 0 Å². The third-order valence-electron chi connectivity index (χ3n) is 12.5. The molecule has 19 heteroatoms. The predicted molar refractivity (Wildman–Crippen MR) is 263 cm³/mol. The summed E-state index contributed by atoms with van der Waals surface area (Å²) in [5, 5.41) is 20.6. The third-order valence-corrected chi connectivity index (χ3v) is 12.5. The Kier molecular flexibility index (Phi) is 17.1. The highest BCUT2D eigenvalue weighted by Gasteiger charge is 2.46. The molecule has 19 nitrogen and oxygen atoms in total. The Morgan fingerprint density at radius 2 is 1.56 bits per heavy atom. The van der Waals surface area contributed by atoms with Crippen LogP contribution in [-0.2, 0) is 30.4 Å². The maximum atomic E-state index is 13.9. The number of amides is 7. The lowest BCUT2D eigenvalue weighted by Gasteiger charge is -2.37. The van der Waals surface area contributed by atoms with Crippen LogP contribution < -0.4 is 35.6 Å². The van der Waals surface area contributed by atoms with Crippen molar-refractivity contribution in [2.75, 3.05) is 56.4 Å². The summed E-state index contributed by atoms with van der Waals surface area (Å²) in [6.45, 7) is 1.95. The van der Waals surface area contributed by atoms with Gasteiger partial charge in [0.1, 0.15) is 30.3 Å². The molecule has 1 saturated carbocycles. The minimum atomic E-state index is -1.11. The molecule has 0 radical (unpaired) electrons. The van der Waals surface area contributed by atoms with Gasteiger partial charge < -0.3 is 34.9 Å². The molecule has 3 aliphatic rings. The van der Waals surface area contributed by atoms with Crippen LogP contribution in [0.5, 0.6) is 11.6 Å². The Morgan fingerprint density at radius 3 is 2.31 bits per heavy atom. The molecule has 5 aromatic rings. The number of anilines is 2. The maximum absolute atomic E-state index is 13.9. The number of aromatic nitrogens is 2. The molecule has 1 saturated heterocycles. The van der Waals surface area contributed by atoms with E-state index in [1.807, 2.05) is 77.7 Å². The second-order valence-electron chi connectivity index (χ2n) is 17.3. The summed E-state index contributed by atoms with van der Waals surface area (Å²) in [4.78, 5) is 88.2. The number of nitrogens with zero attached hydrogens (tertiary/aromatic N) is 5. The van der Waals surface area contributed by atoms with E-state index in [4.69, 9.17) is 24.2 Å². The predicted octanol–water partition coefficient (Wildman–Crippen LogP) is 5.55. The van der Waals surface area contributed by atoms with Gasteiger partial charge in [-0.3, -0.25) is 39.1 Å². The molecule has 72 heavy (non-hydrogen) atoms. The average Bonchev–Trinajstić information content (AvgIpc) is 3.66. The van der Waals surface area contributed by atoms with Gasteiger partial charge >= 0.3 is 6.03 Å². The van der Waals surface area contributed by atoms with Crippen LogP contribution in [0.1, 0.15) is 76.8 Å². The number of benzene rings is 3. The molecule has 372 valence electrons. The summed E-state index contributed by atoms with van der Waals surface area (Å²) in [6.07, 6.45) is 7.10. The lowest BCUT2D eigenvalue weighted by atomic mass is 9.89. The zero-order valence-corrected chi connectivity index (χ0v) is 39.5. The number of hydrogen-bond donors (Lipinski definition) is 4. The number of urea groups is 1. The number of ether oxygens (including phenoxy) is 4. The summed E-state index contributed by atoms with van der Waals surface area (Å²) in [5.74, 6) is -1.78. The molecule has 8 rings (SSSR count). The van der Waals surface area contributed by atoms with Gasteiger partial charge in [-0.2, -0.15) is 5.26 Å². The van der Waals surface area contributed by atoms with Crippen LogP contribution in [0.2, 0.25) is 0 Å². The van der Waals surface area contributed by atoms with Crippen LogP contribution in [0.25, 0.3) is 11.1 Å². The first-order chi connectivity index (χ1) is 35.1. The van der Waals surface area contributed by atoms with Gasteiger partial charge in [-0.1, -0.05) is 48.5 Å². The zero-order chi connectivity index (χ0) is 50.2. The molecular formula is C53H55N9O10. The van der Waals surface area contributed by atoms with Crippen molar-refractivity contribution >= 4 is 47.1 Å². The van der Waals surface area contributed by atoms with Crippen molar-refractivity contribution in [1.29, 1.82) is 5.26 Å². The van der Waals surface area contributed by atoms with Gasteiger partial charge in [0.05, 0.1) is 36.5 Å². The number of pyridine rings is 2. The molecule has 1 unspecified atom stereocenters. The molecule has 0 bridgehead atoms. The Bertz CT molecular complexity index is 2760. The maximum Gasteiger partial charge on any atom is 0.322 e. The average molecular weight is 978 g/mol. The van der Waals surface area contributed by atoms with Crippen LogP contribution in [0.15, 0.2) is 109 Å². The topological polar surface area (TPSA) is 244 Å². The van der Waals surface area contributed by atoms with Crippen molar-refractivity contribution in [3.8, 4) is 28.8 Å². The summed E-state index contributed by atoms with van der Waals surface area (Å²) < 4.78 is 22.8. The van der Waals surface area contributed by atoms with Crippen LogP contribution in [0.3, 0.4) is 0 Å². The molecule has 0 spiro atoms. The summed E-state index contributed by atoms with van der Waals surface area (Å²) in [6, 6.07) is 30.6. The van der Waals surface area contributed by atoms with E-state index in [-0.39, 0.29) is 54.4 Å². The first-order valence-electron chi connectivity index (χ1n) is 24.0. The Morgan fingerprint density at radius 1 is 0.778 bits per heavy atom. The molecular weight excluding hydrogens is 923 g/mol. The second-order valence-corrected chi connectivity index (χ2v) is 17.3. The number of fused-ring (bicyclic) bond motifs is 1. The number of hydrogen-bond acceptors (Lipinski definition) is 14. The highest BCUT2D eigenvalue weighted by molar-refractivity contribution is 6.24. The van der Waals surface area contributed by atoms with E-state index in [0.717, 1.165) is 58.8 Å². The lowest BCUT2D eigenvalue weighted by Crippen LogP contribution is -2.54. The van der Waals surface area contributed by atoms with Crippen LogP contribution >= 0.6 is 0 Å².